The fraction of sp³-hybridized carbons (Fsp3) is 1.00. The molecular weight excluding hydrogens is 172 g/mol. The van der Waals surface area contributed by atoms with Crippen LogP contribution in [0.3, 0.4) is 0 Å². The molecule has 82 valence electrons. The van der Waals surface area contributed by atoms with Gasteiger partial charge in [0, 0.05) is 18.6 Å². The van der Waals surface area contributed by atoms with Gasteiger partial charge in [-0.15, -0.1) is 0 Å². The number of nitrogens with two attached hydrogens (primary N) is 1. The van der Waals surface area contributed by atoms with Gasteiger partial charge in [0.05, 0.1) is 0 Å². The molecule has 2 heteroatoms. The Morgan fingerprint density at radius 2 is 2.07 bits per heavy atom. The molecule has 1 unspecified atom stereocenters. The van der Waals surface area contributed by atoms with Crippen molar-refractivity contribution in [1.82, 2.24) is 4.90 Å². The average molecular weight is 196 g/mol. The van der Waals surface area contributed by atoms with E-state index in [4.69, 9.17) is 5.73 Å². The first-order chi connectivity index (χ1) is 6.72. The Labute approximate surface area is 87.8 Å². The van der Waals surface area contributed by atoms with Gasteiger partial charge in [-0.25, -0.2) is 0 Å². The van der Waals surface area contributed by atoms with E-state index in [0.29, 0.717) is 6.04 Å². The Bertz CT molecular complexity index is 185. The zero-order valence-corrected chi connectivity index (χ0v) is 9.58. The summed E-state index contributed by atoms with van der Waals surface area (Å²) >= 11 is 0. The van der Waals surface area contributed by atoms with Gasteiger partial charge in [0.1, 0.15) is 0 Å². The maximum absolute atomic E-state index is 5.79. The van der Waals surface area contributed by atoms with Gasteiger partial charge < -0.3 is 5.73 Å². The molecule has 2 N–H and O–H groups in total. The highest BCUT2D eigenvalue weighted by Gasteiger charge is 2.39. The molecular formula is C12H24N2. The molecule has 14 heavy (non-hydrogen) atoms. The molecule has 0 aromatic carbocycles. The van der Waals surface area contributed by atoms with E-state index in [1.54, 1.807) is 0 Å². The summed E-state index contributed by atoms with van der Waals surface area (Å²) < 4.78 is 0. The van der Waals surface area contributed by atoms with Crippen LogP contribution < -0.4 is 5.73 Å². The van der Waals surface area contributed by atoms with Crippen molar-refractivity contribution in [3.8, 4) is 0 Å². The zero-order valence-electron chi connectivity index (χ0n) is 9.58. The van der Waals surface area contributed by atoms with Gasteiger partial charge in [-0.3, -0.25) is 4.90 Å². The van der Waals surface area contributed by atoms with Gasteiger partial charge >= 0.3 is 0 Å². The van der Waals surface area contributed by atoms with Crippen LogP contribution in [0.25, 0.3) is 0 Å². The first-order valence-corrected chi connectivity index (χ1v) is 6.18. The summed E-state index contributed by atoms with van der Waals surface area (Å²) in [6.07, 6.45) is 5.55. The minimum Gasteiger partial charge on any atom is -0.329 e. The lowest BCUT2D eigenvalue weighted by molar-refractivity contribution is 0.0488. The summed E-state index contributed by atoms with van der Waals surface area (Å²) in [4.78, 5) is 2.68. The molecule has 1 atom stereocenters. The van der Waals surface area contributed by atoms with E-state index in [1.807, 2.05) is 0 Å². The van der Waals surface area contributed by atoms with Gasteiger partial charge in [0.2, 0.25) is 0 Å². The molecule has 0 spiro atoms. The van der Waals surface area contributed by atoms with Crippen LogP contribution in [0.4, 0.5) is 0 Å². The minimum atomic E-state index is 0.702. The lowest BCUT2D eigenvalue weighted by Crippen LogP contribution is -2.50. The molecule has 1 aliphatic heterocycles. The van der Waals surface area contributed by atoms with Crippen LogP contribution >= 0.6 is 0 Å². The molecule has 0 aromatic rings. The van der Waals surface area contributed by atoms with Gasteiger partial charge in [0.25, 0.3) is 0 Å². The highest BCUT2D eigenvalue weighted by molar-refractivity contribution is 4.93. The average Bonchev–Trinajstić information content (AvgIpc) is 2.48. The third-order valence-electron chi connectivity index (χ3n) is 4.26. The Kier molecular flexibility index (Phi) is 3.13. The van der Waals surface area contributed by atoms with Crippen molar-refractivity contribution in [2.75, 3.05) is 13.1 Å². The molecule has 0 amide bonds. The topological polar surface area (TPSA) is 29.3 Å². The first-order valence-electron chi connectivity index (χ1n) is 6.18. The normalized spacial score (nSPS) is 39.0. The lowest BCUT2D eigenvalue weighted by Gasteiger charge is -2.45. The number of hydrogen-bond donors (Lipinski definition) is 1. The highest BCUT2D eigenvalue weighted by atomic mass is 15.2. The molecule has 1 heterocycles. The van der Waals surface area contributed by atoms with Crippen molar-refractivity contribution in [3.05, 3.63) is 0 Å². The Balaban J connectivity index is 1.81. The van der Waals surface area contributed by atoms with E-state index >= 15 is 0 Å². The predicted octanol–water partition coefficient (Wildman–Crippen LogP) is 1.84. The second kappa shape index (κ2) is 4.19. The quantitative estimate of drug-likeness (QED) is 0.746. The summed E-state index contributed by atoms with van der Waals surface area (Å²) in [6.45, 7) is 6.87. The maximum Gasteiger partial charge on any atom is 0.0221 e. The highest BCUT2D eigenvalue weighted by Crippen LogP contribution is 2.39. The van der Waals surface area contributed by atoms with E-state index in [2.05, 4.69) is 18.7 Å². The second-order valence-corrected chi connectivity index (χ2v) is 5.40. The third-order valence-corrected chi connectivity index (χ3v) is 4.26. The van der Waals surface area contributed by atoms with E-state index in [9.17, 15) is 0 Å². The Morgan fingerprint density at radius 1 is 1.36 bits per heavy atom. The number of nitrogens with zero attached hydrogens (tertiary/aromatic N) is 1. The van der Waals surface area contributed by atoms with Gasteiger partial charge in [-0.2, -0.15) is 0 Å². The predicted molar refractivity (Wildman–Crippen MR) is 60.1 cm³/mol. The summed E-state index contributed by atoms with van der Waals surface area (Å²) in [5, 5.41) is 0. The van der Waals surface area contributed by atoms with Crippen LogP contribution in [0, 0.1) is 11.8 Å². The number of hydrogen-bond acceptors (Lipinski definition) is 2. The summed E-state index contributed by atoms with van der Waals surface area (Å²) in [5.41, 5.74) is 5.79. The van der Waals surface area contributed by atoms with Crippen LogP contribution in [0.1, 0.15) is 39.5 Å². The molecule has 2 rings (SSSR count). The van der Waals surface area contributed by atoms with E-state index in [-0.39, 0.29) is 0 Å². The summed E-state index contributed by atoms with van der Waals surface area (Å²) in [7, 11) is 0. The van der Waals surface area contributed by atoms with Crippen LogP contribution in [0.5, 0.6) is 0 Å². The van der Waals surface area contributed by atoms with Crippen molar-refractivity contribution in [2.24, 2.45) is 17.6 Å². The molecule has 0 radical (unpaired) electrons. The van der Waals surface area contributed by atoms with Crippen LogP contribution in [-0.2, 0) is 0 Å². The van der Waals surface area contributed by atoms with Crippen LogP contribution in [0.15, 0.2) is 0 Å². The zero-order chi connectivity index (χ0) is 10.1. The van der Waals surface area contributed by atoms with Crippen molar-refractivity contribution >= 4 is 0 Å². The summed E-state index contributed by atoms with van der Waals surface area (Å²) in [6, 6.07) is 1.58. The second-order valence-electron chi connectivity index (χ2n) is 5.40. The van der Waals surface area contributed by atoms with Crippen LogP contribution in [0.2, 0.25) is 0 Å². The van der Waals surface area contributed by atoms with Crippen molar-refractivity contribution in [2.45, 2.75) is 51.6 Å². The molecule has 1 aliphatic carbocycles. The molecule has 1 saturated carbocycles. The minimum absolute atomic E-state index is 0.702. The van der Waals surface area contributed by atoms with E-state index in [1.165, 1.54) is 32.2 Å². The Morgan fingerprint density at radius 3 is 2.64 bits per heavy atom. The van der Waals surface area contributed by atoms with Gasteiger partial charge in [0.15, 0.2) is 0 Å². The van der Waals surface area contributed by atoms with Crippen LogP contribution in [-0.4, -0.2) is 30.1 Å². The Hall–Kier alpha value is -0.0800. The van der Waals surface area contributed by atoms with Crippen molar-refractivity contribution < 1.29 is 0 Å². The van der Waals surface area contributed by atoms with Crippen molar-refractivity contribution in [3.63, 3.8) is 0 Å². The fourth-order valence-electron chi connectivity index (χ4n) is 3.04. The van der Waals surface area contributed by atoms with Crippen molar-refractivity contribution in [1.29, 1.82) is 0 Å². The molecule has 2 aliphatic rings. The van der Waals surface area contributed by atoms with E-state index < -0.39 is 0 Å². The molecule has 0 aromatic heterocycles. The molecule has 2 fully saturated rings. The lowest BCUT2D eigenvalue weighted by atomic mass is 9.73. The maximum atomic E-state index is 5.79. The first kappa shape index (κ1) is 10.4. The monoisotopic (exact) mass is 196 g/mol. The number of rotatable bonds is 3. The third kappa shape index (κ3) is 1.82. The SMILES string of the molecule is CC(C)C1CC(N2CCCC2CN)C1. The largest absolute Gasteiger partial charge is 0.329 e. The standard InChI is InChI=1S/C12H24N2/c1-9(2)10-6-12(7-10)14-5-3-4-11(14)8-13/h9-12H,3-8,13H2,1-2H3. The van der Waals surface area contributed by atoms with Gasteiger partial charge in [-0.1, -0.05) is 13.8 Å². The smallest absolute Gasteiger partial charge is 0.0221 e. The van der Waals surface area contributed by atoms with E-state index in [0.717, 1.165) is 24.4 Å². The fourth-order valence-corrected chi connectivity index (χ4v) is 3.04. The molecule has 1 saturated heterocycles. The summed E-state index contributed by atoms with van der Waals surface area (Å²) in [5.74, 6) is 1.87. The number of likely N-dealkylation sites (tertiary alicyclic amines) is 1. The molecule has 2 nitrogen and oxygen atoms in total. The van der Waals surface area contributed by atoms with Gasteiger partial charge in [-0.05, 0) is 44.1 Å². The molecule has 0 bridgehead atoms.